The molecule has 0 saturated heterocycles. The Kier molecular flexibility index (Phi) is 3.65. The molecule has 12 heavy (non-hydrogen) atoms. The molecule has 0 bridgehead atoms. The van der Waals surface area contributed by atoms with E-state index in [-0.39, 0.29) is 0 Å². The van der Waals surface area contributed by atoms with Gasteiger partial charge in [0.05, 0.1) is 7.11 Å². The summed E-state index contributed by atoms with van der Waals surface area (Å²) < 4.78 is 5.04. The number of benzene rings is 1. The van der Waals surface area contributed by atoms with Gasteiger partial charge in [-0.3, -0.25) is 0 Å². The van der Waals surface area contributed by atoms with E-state index in [2.05, 4.69) is 19.1 Å². The molecule has 0 fully saturated rings. The Morgan fingerprint density at radius 3 is 2.75 bits per heavy atom. The Morgan fingerprint density at radius 1 is 1.42 bits per heavy atom. The van der Waals surface area contributed by atoms with E-state index < -0.39 is 0 Å². The van der Waals surface area contributed by atoms with Crippen LogP contribution in [0.5, 0.6) is 5.75 Å². The van der Waals surface area contributed by atoms with E-state index in [1.807, 2.05) is 12.1 Å². The largest absolute Gasteiger partial charge is 0.497 e. The van der Waals surface area contributed by atoms with E-state index in [0.29, 0.717) is 0 Å². The monoisotopic (exact) mass is 163 g/mol. The average Bonchev–Trinajstić information content (AvgIpc) is 2.15. The van der Waals surface area contributed by atoms with Crippen LogP contribution in [0.4, 0.5) is 0 Å². The normalized spacial score (nSPS) is 9.83. The van der Waals surface area contributed by atoms with Crippen LogP contribution in [0.15, 0.2) is 18.2 Å². The molecule has 0 atom stereocenters. The maximum Gasteiger partial charge on any atom is 0.119 e. The lowest BCUT2D eigenvalue weighted by molar-refractivity contribution is 0.414. The van der Waals surface area contributed by atoms with Crippen molar-refractivity contribution in [2.24, 2.45) is 0 Å². The molecule has 0 aliphatic heterocycles. The third-order valence-corrected chi connectivity index (χ3v) is 1.88. The molecule has 1 aromatic carbocycles. The zero-order valence-electron chi connectivity index (χ0n) is 7.76. The van der Waals surface area contributed by atoms with Crippen molar-refractivity contribution in [3.63, 3.8) is 0 Å². The lowest BCUT2D eigenvalue weighted by Crippen LogP contribution is -1.86. The summed E-state index contributed by atoms with van der Waals surface area (Å²) in [4.78, 5) is 0. The van der Waals surface area contributed by atoms with Crippen molar-refractivity contribution >= 4 is 0 Å². The fraction of sp³-hybridized carbons (Fsp3) is 0.455. The third-order valence-electron chi connectivity index (χ3n) is 1.88. The fourth-order valence-electron chi connectivity index (χ4n) is 1.09. The van der Waals surface area contributed by atoms with E-state index in [1.165, 1.54) is 18.4 Å². The molecule has 0 aliphatic carbocycles. The summed E-state index contributed by atoms with van der Waals surface area (Å²) in [5.41, 5.74) is 1.28. The first-order valence-corrected chi connectivity index (χ1v) is 4.41. The van der Waals surface area contributed by atoms with Gasteiger partial charge in [-0.25, -0.2) is 0 Å². The average molecular weight is 163 g/mol. The zero-order chi connectivity index (χ0) is 8.81. The number of unbranched alkanes of at least 4 members (excludes halogenated alkanes) is 1. The topological polar surface area (TPSA) is 9.23 Å². The van der Waals surface area contributed by atoms with Crippen LogP contribution in [0.25, 0.3) is 0 Å². The van der Waals surface area contributed by atoms with Crippen LogP contribution in [-0.2, 0) is 6.42 Å². The van der Waals surface area contributed by atoms with Gasteiger partial charge in [0, 0.05) is 0 Å². The number of methoxy groups -OCH3 is 1. The minimum absolute atomic E-state index is 0.884. The van der Waals surface area contributed by atoms with E-state index in [1.54, 1.807) is 7.11 Å². The highest BCUT2D eigenvalue weighted by atomic mass is 16.5. The van der Waals surface area contributed by atoms with Gasteiger partial charge in [-0.15, -0.1) is 0 Å². The second-order valence-corrected chi connectivity index (χ2v) is 2.86. The Hall–Kier alpha value is -0.980. The third kappa shape index (κ3) is 2.57. The fourth-order valence-corrected chi connectivity index (χ4v) is 1.09. The van der Waals surface area contributed by atoms with Crippen LogP contribution < -0.4 is 4.74 Å². The predicted octanol–water partition coefficient (Wildman–Crippen LogP) is 2.84. The molecule has 0 aliphatic rings. The van der Waals surface area contributed by atoms with Gasteiger partial charge >= 0.3 is 0 Å². The second-order valence-electron chi connectivity index (χ2n) is 2.86. The summed E-state index contributed by atoms with van der Waals surface area (Å²) in [7, 11) is 1.68. The first kappa shape index (κ1) is 9.11. The molecule has 0 saturated carbocycles. The number of aryl methyl sites for hydroxylation is 1. The smallest absolute Gasteiger partial charge is 0.119 e. The van der Waals surface area contributed by atoms with E-state index in [9.17, 15) is 0 Å². The van der Waals surface area contributed by atoms with Crippen LogP contribution in [0.3, 0.4) is 0 Å². The van der Waals surface area contributed by atoms with Gasteiger partial charge in [0.1, 0.15) is 5.75 Å². The molecule has 1 rings (SSSR count). The highest BCUT2D eigenvalue weighted by Crippen LogP contribution is 2.12. The van der Waals surface area contributed by atoms with Gasteiger partial charge < -0.3 is 4.74 Å². The van der Waals surface area contributed by atoms with Gasteiger partial charge in [0.25, 0.3) is 0 Å². The standard InChI is InChI=1S/C11H15O/c1-3-4-5-10-6-8-11(12-2)9-7-10/h6,8-9H,3-5H2,1-2H3. The van der Waals surface area contributed by atoms with Crippen molar-refractivity contribution < 1.29 is 4.74 Å². The molecule has 1 nitrogen and oxygen atoms in total. The predicted molar refractivity (Wildman–Crippen MR) is 50.4 cm³/mol. The quantitative estimate of drug-likeness (QED) is 0.663. The maximum absolute atomic E-state index is 5.04. The Bertz CT molecular complexity index is 213. The van der Waals surface area contributed by atoms with Crippen LogP contribution >= 0.6 is 0 Å². The molecule has 0 spiro atoms. The Balaban J connectivity index is 2.53. The maximum atomic E-state index is 5.04. The minimum atomic E-state index is 0.884. The van der Waals surface area contributed by atoms with Gasteiger partial charge in [0.15, 0.2) is 0 Å². The van der Waals surface area contributed by atoms with Crippen molar-refractivity contribution in [1.82, 2.24) is 0 Å². The number of hydrogen-bond acceptors (Lipinski definition) is 1. The first-order valence-electron chi connectivity index (χ1n) is 4.41. The zero-order valence-corrected chi connectivity index (χ0v) is 7.76. The number of hydrogen-bond donors (Lipinski definition) is 0. The number of rotatable bonds is 4. The second kappa shape index (κ2) is 4.81. The summed E-state index contributed by atoms with van der Waals surface area (Å²) in [5, 5.41) is 0. The lowest BCUT2D eigenvalue weighted by Gasteiger charge is -2.01. The van der Waals surface area contributed by atoms with Crippen molar-refractivity contribution in [3.8, 4) is 5.75 Å². The Labute approximate surface area is 74.4 Å². The lowest BCUT2D eigenvalue weighted by atomic mass is 10.1. The van der Waals surface area contributed by atoms with Crippen LogP contribution in [0.2, 0.25) is 0 Å². The molecule has 0 aromatic heterocycles. The van der Waals surface area contributed by atoms with Gasteiger partial charge in [-0.1, -0.05) is 19.4 Å². The molecule has 1 aromatic rings. The Morgan fingerprint density at radius 2 is 2.25 bits per heavy atom. The molecule has 1 radical (unpaired) electrons. The van der Waals surface area contributed by atoms with Gasteiger partial charge in [-0.05, 0) is 36.6 Å². The van der Waals surface area contributed by atoms with Crippen molar-refractivity contribution in [3.05, 3.63) is 29.8 Å². The van der Waals surface area contributed by atoms with E-state index >= 15 is 0 Å². The minimum Gasteiger partial charge on any atom is -0.497 e. The summed E-state index contributed by atoms with van der Waals surface area (Å²) in [5.74, 6) is 0.884. The van der Waals surface area contributed by atoms with Crippen molar-refractivity contribution in [2.75, 3.05) is 7.11 Å². The molecule has 0 amide bonds. The molecule has 65 valence electrons. The SMILES string of the molecule is CCCCc1[c]cc(OC)cc1. The highest BCUT2D eigenvalue weighted by Gasteiger charge is 1.93. The van der Waals surface area contributed by atoms with Crippen LogP contribution in [0.1, 0.15) is 25.3 Å². The molecular formula is C11H15O. The van der Waals surface area contributed by atoms with Crippen LogP contribution in [0, 0.1) is 6.07 Å². The molecule has 0 heterocycles. The van der Waals surface area contributed by atoms with E-state index in [4.69, 9.17) is 4.74 Å². The van der Waals surface area contributed by atoms with Crippen LogP contribution in [-0.4, -0.2) is 7.11 Å². The van der Waals surface area contributed by atoms with Crippen molar-refractivity contribution in [1.29, 1.82) is 0 Å². The molecule has 1 heteroatoms. The molecule has 0 N–H and O–H groups in total. The first-order chi connectivity index (χ1) is 5.86. The highest BCUT2D eigenvalue weighted by molar-refractivity contribution is 5.25. The molecular weight excluding hydrogens is 148 g/mol. The summed E-state index contributed by atoms with van der Waals surface area (Å²) >= 11 is 0. The van der Waals surface area contributed by atoms with Gasteiger partial charge in [-0.2, -0.15) is 0 Å². The summed E-state index contributed by atoms with van der Waals surface area (Å²) in [6.07, 6.45) is 3.60. The summed E-state index contributed by atoms with van der Waals surface area (Å²) in [6, 6.07) is 9.16. The number of ether oxygens (including phenoxy) is 1. The van der Waals surface area contributed by atoms with Gasteiger partial charge in [0.2, 0.25) is 0 Å². The molecule has 0 unspecified atom stereocenters. The van der Waals surface area contributed by atoms with E-state index in [0.717, 1.165) is 12.2 Å². The van der Waals surface area contributed by atoms with Crippen molar-refractivity contribution in [2.45, 2.75) is 26.2 Å². The summed E-state index contributed by atoms with van der Waals surface area (Å²) in [6.45, 7) is 2.20.